The summed E-state index contributed by atoms with van der Waals surface area (Å²) in [7, 11) is 0. The monoisotopic (exact) mass is 260 g/mol. The molecule has 0 spiro atoms. The molecular formula is C15H20N2O2. The molecule has 4 heteroatoms. The highest BCUT2D eigenvalue weighted by atomic mass is 16.5. The Morgan fingerprint density at radius 1 is 1.42 bits per heavy atom. The fourth-order valence-electron chi connectivity index (χ4n) is 2.49. The van der Waals surface area contributed by atoms with Gasteiger partial charge in [0.15, 0.2) is 0 Å². The summed E-state index contributed by atoms with van der Waals surface area (Å²) in [5.74, 6) is 0.475. The molecule has 1 aromatic rings. The van der Waals surface area contributed by atoms with Gasteiger partial charge in [-0.1, -0.05) is 30.3 Å². The van der Waals surface area contributed by atoms with Gasteiger partial charge in [0.1, 0.15) is 6.61 Å². The van der Waals surface area contributed by atoms with E-state index < -0.39 is 0 Å². The first-order chi connectivity index (χ1) is 9.16. The molecule has 1 amide bonds. The summed E-state index contributed by atoms with van der Waals surface area (Å²) < 4.78 is 5.62. The van der Waals surface area contributed by atoms with E-state index in [2.05, 4.69) is 22.8 Å². The first kappa shape index (κ1) is 12.6. The van der Waals surface area contributed by atoms with E-state index in [-0.39, 0.29) is 24.2 Å². The third-order valence-corrected chi connectivity index (χ3v) is 3.91. The van der Waals surface area contributed by atoms with E-state index in [0.29, 0.717) is 5.92 Å². The predicted octanol–water partition coefficient (Wildman–Crippen LogP) is 1.04. The molecule has 0 bridgehead atoms. The predicted molar refractivity (Wildman–Crippen MR) is 73.0 cm³/mol. The molecular weight excluding hydrogens is 240 g/mol. The van der Waals surface area contributed by atoms with Crippen molar-refractivity contribution in [2.24, 2.45) is 0 Å². The van der Waals surface area contributed by atoms with E-state index in [9.17, 15) is 4.79 Å². The number of carbonyl (C=O) groups excluding carboxylic acids is 1. The van der Waals surface area contributed by atoms with Crippen molar-refractivity contribution < 1.29 is 9.53 Å². The van der Waals surface area contributed by atoms with E-state index in [1.54, 1.807) is 0 Å². The molecule has 4 nitrogen and oxygen atoms in total. The lowest BCUT2D eigenvalue weighted by molar-refractivity contribution is -0.136. The minimum absolute atomic E-state index is 0.00319. The zero-order valence-electron chi connectivity index (χ0n) is 11.2. The van der Waals surface area contributed by atoms with E-state index in [1.165, 1.54) is 5.56 Å². The van der Waals surface area contributed by atoms with Crippen LogP contribution in [0.3, 0.4) is 0 Å². The molecule has 0 aromatic heterocycles. The molecule has 19 heavy (non-hydrogen) atoms. The Bertz CT molecular complexity index is 456. The van der Waals surface area contributed by atoms with Crippen LogP contribution in [0.25, 0.3) is 0 Å². The molecule has 1 aliphatic carbocycles. The fraction of sp³-hybridized carbons (Fsp3) is 0.533. The number of benzene rings is 1. The summed E-state index contributed by atoms with van der Waals surface area (Å²) in [5.41, 5.74) is 1.16. The summed E-state index contributed by atoms with van der Waals surface area (Å²) in [4.78, 5) is 11.8. The first-order valence-corrected chi connectivity index (χ1v) is 6.85. The molecule has 2 unspecified atom stereocenters. The third-order valence-electron chi connectivity index (χ3n) is 3.91. The number of ether oxygens (including phenoxy) is 1. The van der Waals surface area contributed by atoms with Gasteiger partial charge in [-0.15, -0.1) is 0 Å². The zero-order valence-corrected chi connectivity index (χ0v) is 11.2. The van der Waals surface area contributed by atoms with Gasteiger partial charge in [-0.25, -0.2) is 0 Å². The summed E-state index contributed by atoms with van der Waals surface area (Å²) in [6.07, 6.45) is 1.04. The molecule has 1 aromatic carbocycles. The average Bonchev–Trinajstić information content (AvgIpc) is 3.14. The summed E-state index contributed by atoms with van der Waals surface area (Å²) in [6.45, 7) is 3.85. The van der Waals surface area contributed by atoms with Crippen LogP contribution in [0.5, 0.6) is 0 Å². The summed E-state index contributed by atoms with van der Waals surface area (Å²) in [6, 6.07) is 10.6. The molecule has 2 atom stereocenters. The van der Waals surface area contributed by atoms with Crippen LogP contribution in [0.1, 0.15) is 24.8 Å². The van der Waals surface area contributed by atoms with E-state index in [4.69, 9.17) is 4.74 Å². The minimum atomic E-state index is -0.153. The van der Waals surface area contributed by atoms with Crippen molar-refractivity contribution in [2.45, 2.75) is 30.9 Å². The van der Waals surface area contributed by atoms with Crippen LogP contribution < -0.4 is 10.6 Å². The smallest absolute Gasteiger partial charge is 0.246 e. The van der Waals surface area contributed by atoms with Gasteiger partial charge in [-0.2, -0.15) is 0 Å². The molecule has 102 valence electrons. The van der Waals surface area contributed by atoms with Crippen LogP contribution in [0, 0.1) is 0 Å². The maximum absolute atomic E-state index is 11.8. The van der Waals surface area contributed by atoms with E-state index >= 15 is 0 Å². The van der Waals surface area contributed by atoms with Crippen molar-refractivity contribution in [1.82, 2.24) is 10.6 Å². The number of nitrogens with one attached hydrogen (secondary N) is 2. The van der Waals surface area contributed by atoms with Gasteiger partial charge in [0.2, 0.25) is 5.91 Å². The molecule has 2 fully saturated rings. The molecule has 0 radical (unpaired) electrons. The second kappa shape index (κ2) is 4.94. The highest BCUT2D eigenvalue weighted by Gasteiger charge is 2.40. The van der Waals surface area contributed by atoms with Gasteiger partial charge in [0.25, 0.3) is 0 Å². The standard InChI is InChI=1S/C15H20N2O2/c1-15(9-16-10-15)19-8-14(18)17-13-7-12(13)11-5-3-2-4-6-11/h2-6,12-13,16H,7-10H2,1H3,(H,17,18). The molecule has 2 N–H and O–H groups in total. The van der Waals surface area contributed by atoms with Gasteiger partial charge in [-0.05, 0) is 18.9 Å². The zero-order chi connectivity index (χ0) is 13.3. The normalized spacial score (nSPS) is 27.4. The van der Waals surface area contributed by atoms with Gasteiger partial charge in [-0.3, -0.25) is 4.79 Å². The van der Waals surface area contributed by atoms with Gasteiger partial charge >= 0.3 is 0 Å². The topological polar surface area (TPSA) is 50.4 Å². The maximum atomic E-state index is 11.8. The molecule has 1 aliphatic heterocycles. The van der Waals surface area contributed by atoms with E-state index in [1.807, 2.05) is 25.1 Å². The van der Waals surface area contributed by atoms with Crippen molar-refractivity contribution in [3.05, 3.63) is 35.9 Å². The summed E-state index contributed by atoms with van der Waals surface area (Å²) in [5, 5.41) is 6.19. The van der Waals surface area contributed by atoms with Crippen LogP contribution in [0.15, 0.2) is 30.3 Å². The number of hydrogen-bond acceptors (Lipinski definition) is 3. The van der Waals surface area contributed by atoms with Crippen molar-refractivity contribution in [3.8, 4) is 0 Å². The highest BCUT2D eigenvalue weighted by Crippen LogP contribution is 2.40. The molecule has 1 saturated carbocycles. The van der Waals surface area contributed by atoms with E-state index in [0.717, 1.165) is 19.5 Å². The van der Waals surface area contributed by atoms with Gasteiger partial charge in [0, 0.05) is 25.0 Å². The number of amides is 1. The second-order valence-corrected chi connectivity index (χ2v) is 5.77. The number of rotatable bonds is 5. The molecule has 1 heterocycles. The Morgan fingerprint density at radius 3 is 2.79 bits per heavy atom. The van der Waals surface area contributed by atoms with Crippen molar-refractivity contribution in [2.75, 3.05) is 19.7 Å². The molecule has 1 saturated heterocycles. The Kier molecular flexibility index (Phi) is 3.29. The minimum Gasteiger partial charge on any atom is -0.363 e. The second-order valence-electron chi connectivity index (χ2n) is 5.77. The maximum Gasteiger partial charge on any atom is 0.246 e. The largest absolute Gasteiger partial charge is 0.363 e. The SMILES string of the molecule is CC1(OCC(=O)NC2CC2c2ccccc2)CNC1. The number of hydrogen-bond donors (Lipinski definition) is 2. The van der Waals surface area contributed by atoms with Crippen LogP contribution in [-0.4, -0.2) is 37.2 Å². The van der Waals surface area contributed by atoms with Gasteiger partial charge < -0.3 is 15.4 Å². The van der Waals surface area contributed by atoms with Crippen LogP contribution in [0.4, 0.5) is 0 Å². The molecule has 3 rings (SSSR count). The van der Waals surface area contributed by atoms with Crippen LogP contribution in [0.2, 0.25) is 0 Å². The Morgan fingerprint density at radius 2 is 2.16 bits per heavy atom. The Labute approximate surface area is 113 Å². The average molecular weight is 260 g/mol. The highest BCUT2D eigenvalue weighted by molar-refractivity contribution is 5.78. The lowest BCUT2D eigenvalue weighted by Gasteiger charge is -2.38. The first-order valence-electron chi connectivity index (χ1n) is 6.85. The Hall–Kier alpha value is -1.39. The molecule has 2 aliphatic rings. The van der Waals surface area contributed by atoms with Crippen LogP contribution in [-0.2, 0) is 9.53 Å². The number of carbonyl (C=O) groups is 1. The van der Waals surface area contributed by atoms with Gasteiger partial charge in [0.05, 0.1) is 5.60 Å². The van der Waals surface area contributed by atoms with Crippen molar-refractivity contribution >= 4 is 5.91 Å². The van der Waals surface area contributed by atoms with Crippen molar-refractivity contribution in [3.63, 3.8) is 0 Å². The Balaban J connectivity index is 1.42. The van der Waals surface area contributed by atoms with Crippen LogP contribution >= 0.6 is 0 Å². The third kappa shape index (κ3) is 2.96. The lowest BCUT2D eigenvalue weighted by Crippen LogP contribution is -2.59. The fourth-order valence-corrected chi connectivity index (χ4v) is 2.49. The summed E-state index contributed by atoms with van der Waals surface area (Å²) >= 11 is 0. The van der Waals surface area contributed by atoms with Crippen molar-refractivity contribution in [1.29, 1.82) is 0 Å². The lowest BCUT2D eigenvalue weighted by atomic mass is 10.0. The quantitative estimate of drug-likeness (QED) is 0.831.